The minimum Gasteiger partial charge on any atom is -0.370 e. The van der Waals surface area contributed by atoms with Crippen LogP contribution in [0.25, 0.3) is 10.1 Å². The van der Waals surface area contributed by atoms with Crippen LogP contribution >= 0.6 is 11.3 Å². The molecule has 3 aromatic rings. The maximum absolute atomic E-state index is 4.20. The Morgan fingerprint density at radius 3 is 3.00 bits per heavy atom. The van der Waals surface area contributed by atoms with Crippen molar-refractivity contribution in [2.24, 2.45) is 0 Å². The molecule has 0 aliphatic heterocycles. The molecule has 3 rings (SSSR count). The molecule has 0 bridgehead atoms. The number of thiophene rings is 1. The molecule has 2 heterocycles. The number of benzene rings is 1. The molecule has 0 saturated carbocycles. The van der Waals surface area contributed by atoms with Crippen molar-refractivity contribution < 1.29 is 0 Å². The van der Waals surface area contributed by atoms with Gasteiger partial charge < -0.3 is 5.32 Å². The van der Waals surface area contributed by atoms with Crippen molar-refractivity contribution in [1.29, 1.82) is 0 Å². The fourth-order valence-corrected chi connectivity index (χ4v) is 3.10. The lowest BCUT2D eigenvalue weighted by molar-refractivity contribution is 1.00. The molecule has 96 valence electrons. The summed E-state index contributed by atoms with van der Waals surface area (Å²) < 4.78 is 1.36. The fourth-order valence-electron chi connectivity index (χ4n) is 2.10. The van der Waals surface area contributed by atoms with Crippen molar-refractivity contribution in [1.82, 2.24) is 9.97 Å². The molecule has 0 atom stereocenters. The number of aromatic nitrogens is 2. The average molecular weight is 269 g/mol. The summed E-state index contributed by atoms with van der Waals surface area (Å²) in [5.74, 6) is 0.895. The minimum absolute atomic E-state index is 0.886. The zero-order chi connectivity index (χ0) is 13.1. The second kappa shape index (κ2) is 5.36. The van der Waals surface area contributed by atoms with Gasteiger partial charge in [0.2, 0.25) is 0 Å². The molecule has 0 fully saturated rings. The van der Waals surface area contributed by atoms with Crippen LogP contribution < -0.4 is 5.32 Å². The molecule has 19 heavy (non-hydrogen) atoms. The average Bonchev–Trinajstić information content (AvgIpc) is 2.83. The highest BCUT2D eigenvalue weighted by atomic mass is 32.1. The highest BCUT2D eigenvalue weighted by molar-refractivity contribution is 7.17. The Labute approximate surface area is 116 Å². The number of hydrogen-bond acceptors (Lipinski definition) is 4. The van der Waals surface area contributed by atoms with Gasteiger partial charge in [0, 0.05) is 23.0 Å². The monoisotopic (exact) mass is 269 g/mol. The van der Waals surface area contributed by atoms with Gasteiger partial charge in [0.05, 0.1) is 0 Å². The number of aryl methyl sites for hydroxylation is 1. The molecule has 0 aliphatic carbocycles. The number of fused-ring (bicyclic) bond motifs is 1. The lowest BCUT2D eigenvalue weighted by atomic mass is 10.1. The smallest absolute Gasteiger partial charge is 0.129 e. The van der Waals surface area contributed by atoms with E-state index in [4.69, 9.17) is 0 Å². The van der Waals surface area contributed by atoms with Crippen LogP contribution in [-0.2, 0) is 6.42 Å². The summed E-state index contributed by atoms with van der Waals surface area (Å²) in [6.45, 7) is 2.86. The Morgan fingerprint density at radius 2 is 2.11 bits per heavy atom. The summed E-state index contributed by atoms with van der Waals surface area (Å²) in [6.07, 6.45) is 2.60. The van der Waals surface area contributed by atoms with E-state index < -0.39 is 0 Å². The lowest BCUT2D eigenvalue weighted by Crippen LogP contribution is -2.06. The van der Waals surface area contributed by atoms with E-state index >= 15 is 0 Å². The first kappa shape index (κ1) is 12.1. The summed E-state index contributed by atoms with van der Waals surface area (Å²) in [5, 5.41) is 6.96. The third-order valence-electron chi connectivity index (χ3n) is 3.07. The second-order valence-electron chi connectivity index (χ2n) is 4.48. The zero-order valence-electron chi connectivity index (χ0n) is 10.8. The van der Waals surface area contributed by atoms with E-state index in [0.717, 1.165) is 24.5 Å². The van der Waals surface area contributed by atoms with Crippen LogP contribution in [0.1, 0.15) is 11.3 Å². The third-order valence-corrected chi connectivity index (χ3v) is 4.08. The van der Waals surface area contributed by atoms with Crippen molar-refractivity contribution >= 4 is 27.2 Å². The molecule has 0 unspecified atom stereocenters. The van der Waals surface area contributed by atoms with Crippen molar-refractivity contribution in [3.8, 4) is 0 Å². The van der Waals surface area contributed by atoms with Gasteiger partial charge in [-0.2, -0.15) is 0 Å². The van der Waals surface area contributed by atoms with Crippen LogP contribution in [0.15, 0.2) is 42.0 Å². The van der Waals surface area contributed by atoms with E-state index in [-0.39, 0.29) is 0 Å². The zero-order valence-corrected chi connectivity index (χ0v) is 11.6. The maximum Gasteiger partial charge on any atom is 0.129 e. The summed E-state index contributed by atoms with van der Waals surface area (Å²) in [6, 6.07) is 10.5. The molecule has 3 nitrogen and oxygen atoms in total. The van der Waals surface area contributed by atoms with Crippen LogP contribution in [0.4, 0.5) is 5.82 Å². The topological polar surface area (TPSA) is 37.8 Å². The quantitative estimate of drug-likeness (QED) is 0.785. The standard InChI is InChI=1S/C15H15N3S/c1-11-8-15(18-10-17-11)16-7-6-12-9-19-14-5-3-2-4-13(12)14/h2-5,8-10H,6-7H2,1H3,(H,16,17,18). The van der Waals surface area contributed by atoms with Gasteiger partial charge in [-0.05, 0) is 35.7 Å². The molecule has 1 aromatic carbocycles. The predicted octanol–water partition coefficient (Wildman–Crippen LogP) is 3.65. The van der Waals surface area contributed by atoms with E-state index in [1.807, 2.05) is 24.3 Å². The lowest BCUT2D eigenvalue weighted by Gasteiger charge is -2.05. The Balaban J connectivity index is 1.66. The van der Waals surface area contributed by atoms with Gasteiger partial charge in [-0.25, -0.2) is 9.97 Å². The van der Waals surface area contributed by atoms with Gasteiger partial charge in [0.15, 0.2) is 0 Å². The van der Waals surface area contributed by atoms with E-state index in [9.17, 15) is 0 Å². The summed E-state index contributed by atoms with van der Waals surface area (Å²) in [7, 11) is 0. The van der Waals surface area contributed by atoms with Crippen molar-refractivity contribution in [2.75, 3.05) is 11.9 Å². The van der Waals surface area contributed by atoms with Crippen molar-refractivity contribution in [3.63, 3.8) is 0 Å². The molecular weight excluding hydrogens is 254 g/mol. The highest BCUT2D eigenvalue weighted by Crippen LogP contribution is 2.25. The van der Waals surface area contributed by atoms with Crippen LogP contribution in [0.3, 0.4) is 0 Å². The predicted molar refractivity (Wildman–Crippen MR) is 80.8 cm³/mol. The number of nitrogens with one attached hydrogen (secondary N) is 1. The highest BCUT2D eigenvalue weighted by Gasteiger charge is 2.03. The molecule has 1 N–H and O–H groups in total. The van der Waals surface area contributed by atoms with Crippen molar-refractivity contribution in [3.05, 3.63) is 53.3 Å². The molecule has 0 radical (unpaired) electrons. The first-order chi connectivity index (χ1) is 9.33. The second-order valence-corrected chi connectivity index (χ2v) is 5.39. The molecule has 0 saturated heterocycles. The molecule has 2 aromatic heterocycles. The molecule has 4 heteroatoms. The molecule has 0 spiro atoms. The molecule has 0 amide bonds. The fraction of sp³-hybridized carbons (Fsp3) is 0.200. The number of rotatable bonds is 4. The Kier molecular flexibility index (Phi) is 3.42. The van der Waals surface area contributed by atoms with E-state index in [0.29, 0.717) is 0 Å². The van der Waals surface area contributed by atoms with Gasteiger partial charge in [-0.3, -0.25) is 0 Å². The third kappa shape index (κ3) is 2.74. The number of nitrogens with zero attached hydrogens (tertiary/aromatic N) is 2. The largest absolute Gasteiger partial charge is 0.370 e. The van der Waals surface area contributed by atoms with Crippen LogP contribution in [0, 0.1) is 6.92 Å². The van der Waals surface area contributed by atoms with Gasteiger partial charge in [0.25, 0.3) is 0 Å². The first-order valence-corrected chi connectivity index (χ1v) is 7.18. The number of anilines is 1. The van der Waals surface area contributed by atoms with Crippen LogP contribution in [0.2, 0.25) is 0 Å². The van der Waals surface area contributed by atoms with Crippen molar-refractivity contribution in [2.45, 2.75) is 13.3 Å². The molecular formula is C15H15N3S. The normalized spacial score (nSPS) is 10.8. The van der Waals surface area contributed by atoms with E-state index in [1.54, 1.807) is 6.33 Å². The summed E-state index contributed by atoms with van der Waals surface area (Å²) >= 11 is 1.81. The van der Waals surface area contributed by atoms with Gasteiger partial charge >= 0.3 is 0 Å². The van der Waals surface area contributed by atoms with E-state index in [1.165, 1.54) is 15.6 Å². The Bertz CT molecular complexity index is 690. The van der Waals surface area contributed by atoms with Crippen LogP contribution in [-0.4, -0.2) is 16.5 Å². The summed E-state index contributed by atoms with van der Waals surface area (Å²) in [5.41, 5.74) is 2.39. The maximum atomic E-state index is 4.20. The first-order valence-electron chi connectivity index (χ1n) is 6.30. The summed E-state index contributed by atoms with van der Waals surface area (Å²) in [4.78, 5) is 8.29. The Morgan fingerprint density at radius 1 is 1.21 bits per heavy atom. The van der Waals surface area contributed by atoms with Crippen LogP contribution in [0.5, 0.6) is 0 Å². The molecule has 0 aliphatic rings. The number of hydrogen-bond donors (Lipinski definition) is 1. The van der Waals surface area contributed by atoms with E-state index in [2.05, 4.69) is 44.9 Å². The van der Waals surface area contributed by atoms with Gasteiger partial charge in [0.1, 0.15) is 12.1 Å². The van der Waals surface area contributed by atoms with Gasteiger partial charge in [-0.15, -0.1) is 11.3 Å². The van der Waals surface area contributed by atoms with Gasteiger partial charge in [-0.1, -0.05) is 18.2 Å². The Hall–Kier alpha value is -1.94. The SMILES string of the molecule is Cc1cc(NCCc2csc3ccccc23)ncn1. The minimum atomic E-state index is 0.886.